The predicted molar refractivity (Wildman–Crippen MR) is 45.1 cm³/mol. The molecule has 1 aliphatic rings. The zero-order valence-electron chi connectivity index (χ0n) is 7.01. The average molecular weight is 187 g/mol. The molecule has 0 radical (unpaired) electrons. The molecule has 2 rings (SSSR count). The van der Waals surface area contributed by atoms with Crippen LogP contribution in [0.5, 0.6) is 0 Å². The summed E-state index contributed by atoms with van der Waals surface area (Å²) in [5.74, 6) is 1.72. The zero-order chi connectivity index (χ0) is 8.60. The van der Waals surface area contributed by atoms with Gasteiger partial charge in [-0.3, -0.25) is 0 Å². The second-order valence-electron chi connectivity index (χ2n) is 3.28. The number of nitrogens with zero attached hydrogens (tertiary/aromatic N) is 2. The van der Waals surface area contributed by atoms with Crippen LogP contribution in [-0.2, 0) is 11.3 Å². The standard InChI is InChI=1S/C8H11ClN2O/c1-2-8(3-4-8)7-10-6(5-9)11-12-7/h2-5H2,1H3. The molecular formula is C8H11ClN2O. The summed E-state index contributed by atoms with van der Waals surface area (Å²) in [6.07, 6.45) is 3.43. The van der Waals surface area contributed by atoms with Crippen LogP contribution >= 0.6 is 11.6 Å². The van der Waals surface area contributed by atoms with Gasteiger partial charge in [-0.2, -0.15) is 4.98 Å². The minimum atomic E-state index is 0.206. The molecule has 1 aliphatic carbocycles. The van der Waals surface area contributed by atoms with Crippen LogP contribution in [0.3, 0.4) is 0 Å². The van der Waals surface area contributed by atoms with E-state index in [0.29, 0.717) is 11.7 Å². The van der Waals surface area contributed by atoms with E-state index in [1.54, 1.807) is 0 Å². The first-order chi connectivity index (χ1) is 5.80. The highest BCUT2D eigenvalue weighted by Gasteiger charge is 2.47. The van der Waals surface area contributed by atoms with Crippen molar-refractivity contribution in [3.63, 3.8) is 0 Å². The van der Waals surface area contributed by atoms with E-state index < -0.39 is 0 Å². The van der Waals surface area contributed by atoms with E-state index in [2.05, 4.69) is 17.1 Å². The first-order valence-electron chi connectivity index (χ1n) is 4.20. The molecule has 1 fully saturated rings. The summed E-state index contributed by atoms with van der Waals surface area (Å²) in [5.41, 5.74) is 0.206. The average Bonchev–Trinajstić information content (AvgIpc) is 2.77. The Kier molecular flexibility index (Phi) is 1.83. The lowest BCUT2D eigenvalue weighted by molar-refractivity contribution is 0.338. The molecule has 0 aliphatic heterocycles. The third-order valence-electron chi connectivity index (χ3n) is 2.57. The Hall–Kier alpha value is -0.570. The lowest BCUT2D eigenvalue weighted by Crippen LogP contribution is -2.04. The van der Waals surface area contributed by atoms with Crippen molar-refractivity contribution in [2.24, 2.45) is 0 Å². The van der Waals surface area contributed by atoms with E-state index in [9.17, 15) is 0 Å². The molecule has 0 bridgehead atoms. The summed E-state index contributed by atoms with van der Waals surface area (Å²) in [5, 5.41) is 3.77. The van der Waals surface area contributed by atoms with Crippen LogP contribution in [0.1, 0.15) is 37.9 Å². The van der Waals surface area contributed by atoms with Crippen LogP contribution in [0.15, 0.2) is 4.52 Å². The highest BCUT2D eigenvalue weighted by atomic mass is 35.5. The second kappa shape index (κ2) is 2.73. The molecule has 12 heavy (non-hydrogen) atoms. The maximum atomic E-state index is 5.57. The third-order valence-corrected chi connectivity index (χ3v) is 2.81. The topological polar surface area (TPSA) is 38.9 Å². The van der Waals surface area contributed by atoms with E-state index in [0.717, 1.165) is 12.3 Å². The van der Waals surface area contributed by atoms with E-state index in [1.165, 1.54) is 12.8 Å². The van der Waals surface area contributed by atoms with Gasteiger partial charge in [-0.05, 0) is 19.3 Å². The molecule has 0 spiro atoms. The fraction of sp³-hybridized carbons (Fsp3) is 0.750. The van der Waals surface area contributed by atoms with Gasteiger partial charge >= 0.3 is 0 Å². The van der Waals surface area contributed by atoms with Gasteiger partial charge in [0.15, 0.2) is 5.82 Å². The highest BCUT2D eigenvalue weighted by Crippen LogP contribution is 2.49. The molecule has 1 saturated carbocycles. The lowest BCUT2D eigenvalue weighted by Gasteiger charge is -2.03. The largest absolute Gasteiger partial charge is 0.339 e. The van der Waals surface area contributed by atoms with E-state index in [-0.39, 0.29) is 5.41 Å². The first-order valence-corrected chi connectivity index (χ1v) is 4.73. The van der Waals surface area contributed by atoms with Gasteiger partial charge < -0.3 is 4.52 Å². The molecule has 0 amide bonds. The SMILES string of the molecule is CCC1(c2nc(CCl)no2)CC1. The molecule has 0 N–H and O–H groups in total. The van der Waals surface area contributed by atoms with Crippen molar-refractivity contribution in [1.29, 1.82) is 0 Å². The molecule has 1 aromatic rings. The molecule has 0 unspecified atom stereocenters. The van der Waals surface area contributed by atoms with Crippen molar-refractivity contribution < 1.29 is 4.52 Å². The second-order valence-corrected chi connectivity index (χ2v) is 3.55. The van der Waals surface area contributed by atoms with Crippen molar-refractivity contribution >= 4 is 11.6 Å². The molecule has 0 atom stereocenters. The number of hydrogen-bond acceptors (Lipinski definition) is 3. The van der Waals surface area contributed by atoms with Crippen molar-refractivity contribution in [3.05, 3.63) is 11.7 Å². The molecule has 4 heteroatoms. The molecule has 66 valence electrons. The Morgan fingerprint density at radius 1 is 1.58 bits per heavy atom. The van der Waals surface area contributed by atoms with Gasteiger partial charge in [0.05, 0.1) is 5.88 Å². The van der Waals surface area contributed by atoms with E-state index in [4.69, 9.17) is 16.1 Å². The Balaban J connectivity index is 2.23. The quantitative estimate of drug-likeness (QED) is 0.680. The van der Waals surface area contributed by atoms with Crippen LogP contribution in [-0.4, -0.2) is 10.1 Å². The van der Waals surface area contributed by atoms with Gasteiger partial charge in [-0.25, -0.2) is 0 Å². The molecule has 0 aromatic carbocycles. The molecule has 1 heterocycles. The number of aromatic nitrogens is 2. The smallest absolute Gasteiger partial charge is 0.232 e. The van der Waals surface area contributed by atoms with Crippen molar-refractivity contribution in [2.45, 2.75) is 37.5 Å². The number of hydrogen-bond donors (Lipinski definition) is 0. The van der Waals surface area contributed by atoms with Gasteiger partial charge in [0.2, 0.25) is 5.89 Å². The van der Waals surface area contributed by atoms with Crippen LogP contribution in [0.4, 0.5) is 0 Å². The Bertz CT molecular complexity index is 280. The van der Waals surface area contributed by atoms with Crippen molar-refractivity contribution in [2.75, 3.05) is 0 Å². The maximum absolute atomic E-state index is 5.57. The van der Waals surface area contributed by atoms with E-state index >= 15 is 0 Å². The Labute approximate surface area is 76.1 Å². The molecule has 0 saturated heterocycles. The summed E-state index contributed by atoms with van der Waals surface area (Å²) in [7, 11) is 0. The normalized spacial score (nSPS) is 19.5. The summed E-state index contributed by atoms with van der Waals surface area (Å²) in [4.78, 5) is 4.22. The van der Waals surface area contributed by atoms with Crippen molar-refractivity contribution in [1.82, 2.24) is 10.1 Å². The fourth-order valence-corrected chi connectivity index (χ4v) is 1.50. The Morgan fingerprint density at radius 3 is 2.75 bits per heavy atom. The van der Waals surface area contributed by atoms with Crippen LogP contribution in [0, 0.1) is 0 Å². The number of halogens is 1. The van der Waals surface area contributed by atoms with Gasteiger partial charge in [-0.1, -0.05) is 12.1 Å². The monoisotopic (exact) mass is 186 g/mol. The van der Waals surface area contributed by atoms with Gasteiger partial charge in [0.1, 0.15) is 0 Å². The Morgan fingerprint density at radius 2 is 2.33 bits per heavy atom. The van der Waals surface area contributed by atoms with Crippen LogP contribution < -0.4 is 0 Å². The minimum absolute atomic E-state index is 0.206. The van der Waals surface area contributed by atoms with Crippen molar-refractivity contribution in [3.8, 4) is 0 Å². The first kappa shape index (κ1) is 8.05. The third kappa shape index (κ3) is 1.12. The highest BCUT2D eigenvalue weighted by molar-refractivity contribution is 6.16. The maximum Gasteiger partial charge on any atom is 0.232 e. The molecular weight excluding hydrogens is 176 g/mol. The summed E-state index contributed by atoms with van der Waals surface area (Å²) in [6, 6.07) is 0. The van der Waals surface area contributed by atoms with Crippen LogP contribution in [0.2, 0.25) is 0 Å². The zero-order valence-corrected chi connectivity index (χ0v) is 7.76. The predicted octanol–water partition coefficient (Wildman–Crippen LogP) is 2.25. The molecule has 3 nitrogen and oxygen atoms in total. The van der Waals surface area contributed by atoms with Gasteiger partial charge in [-0.15, -0.1) is 11.6 Å². The summed E-state index contributed by atoms with van der Waals surface area (Å²) >= 11 is 5.57. The van der Waals surface area contributed by atoms with Crippen LogP contribution in [0.25, 0.3) is 0 Å². The van der Waals surface area contributed by atoms with E-state index in [1.807, 2.05) is 0 Å². The summed E-state index contributed by atoms with van der Waals surface area (Å²) in [6.45, 7) is 2.15. The minimum Gasteiger partial charge on any atom is -0.339 e. The fourth-order valence-electron chi connectivity index (χ4n) is 1.39. The lowest BCUT2D eigenvalue weighted by atomic mass is 10.0. The number of alkyl halides is 1. The van der Waals surface area contributed by atoms with Gasteiger partial charge in [0, 0.05) is 5.41 Å². The molecule has 1 aromatic heterocycles. The summed E-state index contributed by atoms with van der Waals surface area (Å²) < 4.78 is 5.13. The van der Waals surface area contributed by atoms with Gasteiger partial charge in [0.25, 0.3) is 0 Å². The number of rotatable bonds is 3.